The summed E-state index contributed by atoms with van der Waals surface area (Å²) in [6, 6.07) is 4.61. The molecule has 0 bridgehead atoms. The van der Waals surface area contributed by atoms with Gasteiger partial charge in [-0.1, -0.05) is 0 Å². The van der Waals surface area contributed by atoms with Crippen LogP contribution in [0.4, 0.5) is 11.4 Å². The van der Waals surface area contributed by atoms with Crippen LogP contribution in [0.2, 0.25) is 0 Å². The van der Waals surface area contributed by atoms with Crippen molar-refractivity contribution in [3.05, 3.63) is 42.0 Å². The lowest BCUT2D eigenvalue weighted by Crippen LogP contribution is -2.06. The van der Waals surface area contributed by atoms with Crippen molar-refractivity contribution >= 4 is 21.2 Å². The van der Waals surface area contributed by atoms with Gasteiger partial charge in [0.25, 0.3) is 0 Å². The summed E-state index contributed by atoms with van der Waals surface area (Å²) in [6.45, 7) is 2.34. The van der Waals surface area contributed by atoms with Crippen LogP contribution in [-0.2, 0) is 16.4 Å². The minimum Gasteiger partial charge on any atom is -0.397 e. The molecule has 106 valence electrons. The number of sulfone groups is 1. The highest BCUT2D eigenvalue weighted by molar-refractivity contribution is 7.90. The van der Waals surface area contributed by atoms with E-state index in [-0.39, 0.29) is 4.90 Å². The molecule has 0 aliphatic carbocycles. The molecule has 3 N–H and O–H groups in total. The van der Waals surface area contributed by atoms with E-state index in [1.165, 1.54) is 12.1 Å². The van der Waals surface area contributed by atoms with Gasteiger partial charge in [-0.3, -0.25) is 9.97 Å². The summed E-state index contributed by atoms with van der Waals surface area (Å²) in [5.74, 6) is 0. The van der Waals surface area contributed by atoms with Crippen molar-refractivity contribution in [1.29, 1.82) is 0 Å². The van der Waals surface area contributed by atoms with Crippen molar-refractivity contribution in [2.24, 2.45) is 0 Å². The van der Waals surface area contributed by atoms with E-state index in [0.717, 1.165) is 17.6 Å². The molecule has 7 heteroatoms. The Kier molecular flexibility index (Phi) is 3.89. The lowest BCUT2D eigenvalue weighted by atomic mass is 10.2. The number of anilines is 2. The molecule has 0 saturated carbocycles. The minimum absolute atomic E-state index is 0.204. The topological polar surface area (TPSA) is 98.0 Å². The zero-order valence-corrected chi connectivity index (χ0v) is 12.1. The van der Waals surface area contributed by atoms with Gasteiger partial charge in [0.1, 0.15) is 0 Å². The molecule has 0 saturated heterocycles. The van der Waals surface area contributed by atoms with E-state index in [2.05, 4.69) is 15.3 Å². The number of rotatable bonds is 4. The Morgan fingerprint density at radius 1 is 1.25 bits per heavy atom. The number of hydrogen-bond donors (Lipinski definition) is 2. The van der Waals surface area contributed by atoms with Crippen LogP contribution in [0, 0.1) is 6.92 Å². The number of aryl methyl sites for hydroxylation is 1. The highest BCUT2D eigenvalue weighted by Crippen LogP contribution is 2.22. The molecule has 0 amide bonds. The van der Waals surface area contributed by atoms with E-state index in [4.69, 9.17) is 5.73 Å². The van der Waals surface area contributed by atoms with Crippen LogP contribution in [0.1, 0.15) is 11.4 Å². The van der Waals surface area contributed by atoms with Crippen LogP contribution in [0.15, 0.2) is 35.5 Å². The van der Waals surface area contributed by atoms with Crippen LogP contribution in [0.3, 0.4) is 0 Å². The second-order valence-electron chi connectivity index (χ2n) is 4.52. The Balaban J connectivity index is 2.12. The molecule has 2 aromatic rings. The first-order chi connectivity index (χ1) is 9.36. The van der Waals surface area contributed by atoms with Gasteiger partial charge in [-0.05, 0) is 25.1 Å². The summed E-state index contributed by atoms with van der Waals surface area (Å²) >= 11 is 0. The summed E-state index contributed by atoms with van der Waals surface area (Å²) < 4.78 is 22.8. The highest BCUT2D eigenvalue weighted by atomic mass is 32.2. The van der Waals surface area contributed by atoms with Crippen molar-refractivity contribution in [3.63, 3.8) is 0 Å². The molecule has 0 unspecified atom stereocenters. The van der Waals surface area contributed by atoms with Crippen molar-refractivity contribution < 1.29 is 8.42 Å². The lowest BCUT2D eigenvalue weighted by molar-refractivity contribution is 0.602. The quantitative estimate of drug-likeness (QED) is 0.826. The molecule has 2 rings (SSSR count). The second-order valence-corrected chi connectivity index (χ2v) is 6.54. The molecule has 1 heterocycles. The summed E-state index contributed by atoms with van der Waals surface area (Å²) in [6.07, 6.45) is 4.52. The SMILES string of the molecule is Cc1cnc(CNc2ccc(S(C)(=O)=O)cc2N)cn1. The summed E-state index contributed by atoms with van der Waals surface area (Å²) in [7, 11) is -3.24. The predicted octanol–water partition coefficient (Wildman–Crippen LogP) is 1.38. The van der Waals surface area contributed by atoms with E-state index in [0.29, 0.717) is 17.9 Å². The molecule has 0 radical (unpaired) electrons. The van der Waals surface area contributed by atoms with Crippen molar-refractivity contribution in [2.45, 2.75) is 18.4 Å². The van der Waals surface area contributed by atoms with E-state index in [1.54, 1.807) is 18.5 Å². The third kappa shape index (κ3) is 3.45. The largest absolute Gasteiger partial charge is 0.397 e. The normalized spacial score (nSPS) is 11.3. The monoisotopic (exact) mass is 292 g/mol. The van der Waals surface area contributed by atoms with Gasteiger partial charge in [0.2, 0.25) is 0 Å². The van der Waals surface area contributed by atoms with E-state index in [9.17, 15) is 8.42 Å². The molecule has 0 aliphatic heterocycles. The fourth-order valence-electron chi connectivity index (χ4n) is 1.63. The lowest BCUT2D eigenvalue weighted by Gasteiger charge is -2.10. The van der Waals surface area contributed by atoms with Gasteiger partial charge in [0.15, 0.2) is 9.84 Å². The number of nitrogens with zero attached hydrogens (tertiary/aromatic N) is 2. The standard InChI is InChI=1S/C13H16N4O2S/c1-9-6-16-10(7-15-9)8-17-13-4-3-11(5-12(13)14)20(2,18)19/h3-7,17H,8,14H2,1-2H3. The van der Waals surface area contributed by atoms with Crippen LogP contribution in [-0.4, -0.2) is 24.6 Å². The summed E-state index contributed by atoms with van der Waals surface area (Å²) in [5.41, 5.74) is 8.52. The van der Waals surface area contributed by atoms with Gasteiger partial charge in [0.05, 0.1) is 40.4 Å². The van der Waals surface area contributed by atoms with Crippen molar-refractivity contribution in [3.8, 4) is 0 Å². The van der Waals surface area contributed by atoms with E-state index < -0.39 is 9.84 Å². The number of benzene rings is 1. The van der Waals surface area contributed by atoms with E-state index in [1.807, 2.05) is 6.92 Å². The number of nitrogens with two attached hydrogens (primary N) is 1. The predicted molar refractivity (Wildman–Crippen MR) is 78.1 cm³/mol. The number of nitrogen functional groups attached to an aromatic ring is 1. The van der Waals surface area contributed by atoms with E-state index >= 15 is 0 Å². The number of aromatic nitrogens is 2. The van der Waals surface area contributed by atoms with Crippen LogP contribution < -0.4 is 11.1 Å². The molecule has 0 aliphatic rings. The average molecular weight is 292 g/mol. The first-order valence-corrected chi connectivity index (χ1v) is 7.86. The maximum Gasteiger partial charge on any atom is 0.175 e. The Morgan fingerprint density at radius 3 is 2.55 bits per heavy atom. The molecule has 1 aromatic heterocycles. The minimum atomic E-state index is -3.24. The average Bonchev–Trinajstić information content (AvgIpc) is 2.38. The van der Waals surface area contributed by atoms with Crippen molar-refractivity contribution in [2.75, 3.05) is 17.3 Å². The first kappa shape index (κ1) is 14.3. The molecular formula is C13H16N4O2S. The van der Waals surface area contributed by atoms with Crippen LogP contribution in [0.5, 0.6) is 0 Å². The van der Waals surface area contributed by atoms with Crippen molar-refractivity contribution in [1.82, 2.24) is 9.97 Å². The van der Waals surface area contributed by atoms with Gasteiger partial charge in [-0.25, -0.2) is 8.42 Å². The first-order valence-electron chi connectivity index (χ1n) is 5.97. The molecule has 20 heavy (non-hydrogen) atoms. The van der Waals surface area contributed by atoms with Crippen LogP contribution in [0.25, 0.3) is 0 Å². The Bertz CT molecular complexity index is 712. The fraction of sp³-hybridized carbons (Fsp3) is 0.231. The maximum absolute atomic E-state index is 11.4. The molecule has 0 spiro atoms. The zero-order valence-electron chi connectivity index (χ0n) is 11.3. The molecule has 1 aromatic carbocycles. The smallest absolute Gasteiger partial charge is 0.175 e. The Hall–Kier alpha value is -2.15. The van der Waals surface area contributed by atoms with Gasteiger partial charge in [-0.15, -0.1) is 0 Å². The van der Waals surface area contributed by atoms with Gasteiger partial charge < -0.3 is 11.1 Å². The Labute approximate surface area is 118 Å². The number of nitrogens with one attached hydrogen (secondary N) is 1. The van der Waals surface area contributed by atoms with Gasteiger partial charge in [0, 0.05) is 12.5 Å². The fourth-order valence-corrected chi connectivity index (χ4v) is 2.29. The van der Waals surface area contributed by atoms with Gasteiger partial charge >= 0.3 is 0 Å². The highest BCUT2D eigenvalue weighted by Gasteiger charge is 2.09. The zero-order chi connectivity index (χ0) is 14.8. The third-order valence-corrected chi connectivity index (χ3v) is 3.86. The Morgan fingerprint density at radius 2 is 2.00 bits per heavy atom. The van der Waals surface area contributed by atoms with Crippen LogP contribution >= 0.6 is 0 Å². The number of hydrogen-bond acceptors (Lipinski definition) is 6. The molecule has 0 fully saturated rings. The molecule has 6 nitrogen and oxygen atoms in total. The second kappa shape index (κ2) is 5.46. The van der Waals surface area contributed by atoms with Gasteiger partial charge in [-0.2, -0.15) is 0 Å². The summed E-state index contributed by atoms with van der Waals surface area (Å²) in [4.78, 5) is 8.57. The molecule has 0 atom stereocenters. The summed E-state index contributed by atoms with van der Waals surface area (Å²) in [5, 5.41) is 3.11. The molecular weight excluding hydrogens is 276 g/mol. The third-order valence-electron chi connectivity index (χ3n) is 2.75. The maximum atomic E-state index is 11.4.